The van der Waals surface area contributed by atoms with E-state index in [1.165, 1.54) is 103 Å². The fraction of sp³-hybridized carbons (Fsp3) is 0.872. The van der Waals surface area contributed by atoms with E-state index in [4.69, 9.17) is 9.47 Å². The second-order valence-corrected chi connectivity index (χ2v) is 13.7. The highest BCUT2D eigenvalue weighted by molar-refractivity contribution is 5.76. The smallest absolute Gasteiger partial charge is 0.220 e. The van der Waals surface area contributed by atoms with Crippen LogP contribution in [0.15, 0.2) is 24.3 Å². The molecular formula is C39H73NO8. The molecule has 1 fully saturated rings. The maximum Gasteiger partial charge on any atom is 0.220 e. The van der Waals surface area contributed by atoms with E-state index in [-0.39, 0.29) is 12.5 Å². The van der Waals surface area contributed by atoms with Crippen molar-refractivity contribution in [3.8, 4) is 0 Å². The van der Waals surface area contributed by atoms with Crippen molar-refractivity contribution in [1.82, 2.24) is 5.32 Å². The summed E-state index contributed by atoms with van der Waals surface area (Å²) in [6, 6.07) is -0.813. The molecule has 0 aromatic carbocycles. The number of hydrogen-bond donors (Lipinski definition) is 6. The zero-order valence-electron chi connectivity index (χ0n) is 30.5. The quantitative estimate of drug-likeness (QED) is 0.0346. The number of ether oxygens (including phenoxy) is 2. The maximum atomic E-state index is 12.8. The molecule has 0 aromatic heterocycles. The van der Waals surface area contributed by atoms with Crippen LogP contribution < -0.4 is 5.32 Å². The Morgan fingerprint density at radius 3 is 1.75 bits per heavy atom. The van der Waals surface area contributed by atoms with Gasteiger partial charge in [-0.15, -0.1) is 0 Å². The molecule has 0 saturated carbocycles. The minimum absolute atomic E-state index is 0.193. The fourth-order valence-corrected chi connectivity index (χ4v) is 6.05. The van der Waals surface area contributed by atoms with Crippen LogP contribution >= 0.6 is 0 Å². The van der Waals surface area contributed by atoms with E-state index in [0.717, 1.165) is 38.5 Å². The Kier molecular flexibility index (Phi) is 28.4. The van der Waals surface area contributed by atoms with Crippen LogP contribution in [0, 0.1) is 0 Å². The van der Waals surface area contributed by atoms with Crippen molar-refractivity contribution in [3.63, 3.8) is 0 Å². The third-order valence-corrected chi connectivity index (χ3v) is 9.28. The van der Waals surface area contributed by atoms with Gasteiger partial charge in [-0.25, -0.2) is 0 Å². The lowest BCUT2D eigenvalue weighted by Crippen LogP contribution is -2.60. The summed E-state index contributed by atoms with van der Waals surface area (Å²) < 4.78 is 11.1. The first-order chi connectivity index (χ1) is 23.3. The number of allylic oxidation sites excluding steroid dienone is 3. The van der Waals surface area contributed by atoms with Gasteiger partial charge in [0.05, 0.1) is 25.4 Å². The molecule has 9 heteroatoms. The average Bonchev–Trinajstić information content (AvgIpc) is 3.08. The normalized spacial score (nSPS) is 22.9. The number of hydrogen-bond acceptors (Lipinski definition) is 8. The van der Waals surface area contributed by atoms with Gasteiger partial charge >= 0.3 is 0 Å². The van der Waals surface area contributed by atoms with Crippen molar-refractivity contribution in [3.05, 3.63) is 24.3 Å². The molecule has 7 atom stereocenters. The van der Waals surface area contributed by atoms with E-state index in [9.17, 15) is 30.3 Å². The second-order valence-electron chi connectivity index (χ2n) is 13.7. The first-order valence-corrected chi connectivity index (χ1v) is 19.6. The number of carbonyl (C=O) groups excluding carboxylic acids is 1. The summed E-state index contributed by atoms with van der Waals surface area (Å²) >= 11 is 0. The van der Waals surface area contributed by atoms with Crippen LogP contribution in [0.4, 0.5) is 0 Å². The molecule has 1 amide bonds. The van der Waals surface area contributed by atoms with Gasteiger partial charge in [0.1, 0.15) is 24.4 Å². The van der Waals surface area contributed by atoms with Crippen molar-refractivity contribution in [2.45, 2.75) is 204 Å². The Morgan fingerprint density at radius 2 is 1.19 bits per heavy atom. The van der Waals surface area contributed by atoms with Crippen molar-refractivity contribution in [2.24, 2.45) is 0 Å². The molecule has 0 spiro atoms. The standard InChI is InChI=1S/C39H73NO8/c1-3-5-7-9-11-13-14-15-16-17-18-19-20-21-22-24-26-28-33(42)32(40-35(43)29-27-25-23-12-10-8-6-4-2)31-47-39-38(46)37(45)36(44)34(30-41)48-39/h20-21,26,28,32-34,36-39,41-42,44-46H,3-19,22-25,27,29-31H2,1-2H3,(H,40,43)/b21-20+,28-26+. The first kappa shape index (κ1) is 44.7. The lowest BCUT2D eigenvalue weighted by molar-refractivity contribution is -0.302. The van der Waals surface area contributed by atoms with Gasteiger partial charge in [-0.05, 0) is 32.1 Å². The molecule has 6 N–H and O–H groups in total. The lowest BCUT2D eigenvalue weighted by atomic mass is 9.99. The molecule has 48 heavy (non-hydrogen) atoms. The van der Waals surface area contributed by atoms with Crippen molar-refractivity contribution >= 4 is 5.91 Å². The van der Waals surface area contributed by atoms with Crippen LogP contribution in [0.2, 0.25) is 0 Å². The van der Waals surface area contributed by atoms with E-state index in [2.05, 4.69) is 31.3 Å². The van der Waals surface area contributed by atoms with E-state index in [0.29, 0.717) is 6.42 Å². The van der Waals surface area contributed by atoms with Gasteiger partial charge in [0.2, 0.25) is 5.91 Å². The van der Waals surface area contributed by atoms with Crippen molar-refractivity contribution < 1.29 is 39.8 Å². The van der Waals surface area contributed by atoms with Crippen LogP contribution in [0.25, 0.3) is 0 Å². The lowest BCUT2D eigenvalue weighted by Gasteiger charge is -2.40. The summed E-state index contributed by atoms with van der Waals surface area (Å²) in [5.74, 6) is -0.193. The third-order valence-electron chi connectivity index (χ3n) is 9.28. The van der Waals surface area contributed by atoms with Gasteiger partial charge in [-0.3, -0.25) is 4.79 Å². The summed E-state index contributed by atoms with van der Waals surface area (Å²) in [5.41, 5.74) is 0. The van der Waals surface area contributed by atoms with E-state index < -0.39 is 49.5 Å². The average molecular weight is 684 g/mol. The number of aliphatic hydroxyl groups is 5. The topological polar surface area (TPSA) is 149 Å². The van der Waals surface area contributed by atoms with E-state index >= 15 is 0 Å². The highest BCUT2D eigenvalue weighted by Crippen LogP contribution is 2.22. The summed E-state index contributed by atoms with van der Waals surface area (Å²) in [5, 5.41) is 53.8. The second kappa shape index (κ2) is 30.5. The molecule has 1 heterocycles. The molecule has 0 radical (unpaired) electrons. The molecule has 9 nitrogen and oxygen atoms in total. The van der Waals surface area contributed by atoms with Crippen LogP contribution in [0.5, 0.6) is 0 Å². The SMILES string of the molecule is CCCCCCCCCCCCC/C=C/CC/C=C/C(O)C(COC1OC(CO)C(O)C(O)C1O)NC(=O)CCCCCCCCCC. The first-order valence-electron chi connectivity index (χ1n) is 19.6. The third kappa shape index (κ3) is 21.7. The number of amides is 1. The molecule has 7 unspecified atom stereocenters. The summed E-state index contributed by atoms with van der Waals surface area (Å²) in [7, 11) is 0. The van der Waals surface area contributed by atoms with Gasteiger partial charge < -0.3 is 40.3 Å². The molecule has 0 aromatic rings. The van der Waals surface area contributed by atoms with Gasteiger partial charge in [0.15, 0.2) is 6.29 Å². The summed E-state index contributed by atoms with van der Waals surface area (Å²) in [6.45, 7) is 3.70. The highest BCUT2D eigenvalue weighted by Gasteiger charge is 2.44. The minimum atomic E-state index is -1.57. The molecule has 1 rings (SSSR count). The van der Waals surface area contributed by atoms with Crippen LogP contribution in [-0.2, 0) is 14.3 Å². The molecule has 1 saturated heterocycles. The van der Waals surface area contributed by atoms with E-state index in [1.54, 1.807) is 6.08 Å². The molecule has 282 valence electrons. The number of rotatable bonds is 31. The van der Waals surface area contributed by atoms with Crippen molar-refractivity contribution in [2.75, 3.05) is 13.2 Å². The predicted octanol–water partition coefficient (Wildman–Crippen LogP) is 6.77. The molecular weight excluding hydrogens is 610 g/mol. The fourth-order valence-electron chi connectivity index (χ4n) is 6.05. The van der Waals surface area contributed by atoms with Crippen LogP contribution in [-0.4, -0.2) is 87.5 Å². The van der Waals surface area contributed by atoms with Gasteiger partial charge in [-0.2, -0.15) is 0 Å². The maximum absolute atomic E-state index is 12.8. The Labute approximate surface area is 292 Å². The Bertz CT molecular complexity index is 807. The Morgan fingerprint density at radius 1 is 0.688 bits per heavy atom. The van der Waals surface area contributed by atoms with E-state index in [1.807, 2.05) is 6.08 Å². The number of unbranched alkanes of at least 4 members (excludes halogenated alkanes) is 19. The summed E-state index contributed by atoms with van der Waals surface area (Å²) in [6.07, 6.45) is 26.6. The zero-order chi connectivity index (χ0) is 35.2. The Balaban J connectivity index is 2.44. The monoisotopic (exact) mass is 684 g/mol. The summed E-state index contributed by atoms with van der Waals surface area (Å²) in [4.78, 5) is 12.8. The molecule has 0 bridgehead atoms. The minimum Gasteiger partial charge on any atom is -0.394 e. The number of nitrogens with one attached hydrogen (secondary N) is 1. The number of carbonyl (C=O) groups is 1. The largest absolute Gasteiger partial charge is 0.394 e. The zero-order valence-corrected chi connectivity index (χ0v) is 30.5. The molecule has 0 aliphatic carbocycles. The van der Waals surface area contributed by atoms with Crippen LogP contribution in [0.1, 0.15) is 162 Å². The van der Waals surface area contributed by atoms with Crippen molar-refractivity contribution in [1.29, 1.82) is 0 Å². The molecule has 1 aliphatic heterocycles. The Hall–Kier alpha value is -1.33. The van der Waals surface area contributed by atoms with Gasteiger partial charge in [-0.1, -0.05) is 147 Å². The highest BCUT2D eigenvalue weighted by atomic mass is 16.7. The predicted molar refractivity (Wildman–Crippen MR) is 193 cm³/mol. The van der Waals surface area contributed by atoms with Crippen LogP contribution in [0.3, 0.4) is 0 Å². The molecule has 1 aliphatic rings. The van der Waals surface area contributed by atoms with Gasteiger partial charge in [0, 0.05) is 6.42 Å². The van der Waals surface area contributed by atoms with Gasteiger partial charge in [0.25, 0.3) is 0 Å². The number of aliphatic hydroxyl groups excluding tert-OH is 5.